The number of nitrogens with zero attached hydrogens (tertiary/aromatic N) is 1. The molecular formula is C10H10N2O6. The van der Waals surface area contributed by atoms with Crippen LogP contribution in [0.15, 0.2) is 15.7 Å². The van der Waals surface area contributed by atoms with Crippen LogP contribution >= 0.6 is 0 Å². The molecule has 96 valence electrons. The minimum absolute atomic E-state index is 0.166. The molecule has 0 amide bonds. The van der Waals surface area contributed by atoms with Gasteiger partial charge in [0.25, 0.3) is 5.56 Å². The van der Waals surface area contributed by atoms with Gasteiger partial charge in [-0.15, -0.1) is 0 Å². The molecule has 4 heterocycles. The molecule has 5 atom stereocenters. The Labute approximate surface area is 99.7 Å². The van der Waals surface area contributed by atoms with E-state index in [2.05, 4.69) is 4.98 Å². The minimum atomic E-state index is -0.841. The van der Waals surface area contributed by atoms with Gasteiger partial charge >= 0.3 is 5.69 Å². The Morgan fingerprint density at radius 2 is 2.22 bits per heavy atom. The maximum absolute atomic E-state index is 11.8. The van der Waals surface area contributed by atoms with Gasteiger partial charge in [0.2, 0.25) is 0 Å². The first-order valence-electron chi connectivity index (χ1n) is 5.61. The van der Waals surface area contributed by atoms with Crippen LogP contribution in [0.4, 0.5) is 0 Å². The summed E-state index contributed by atoms with van der Waals surface area (Å²) in [5.41, 5.74) is -0.783. The summed E-state index contributed by atoms with van der Waals surface area (Å²) in [5, 5.41) is 9.96. The largest absolute Gasteiger partial charge is 0.387 e. The van der Waals surface area contributed by atoms with Crippen molar-refractivity contribution in [1.82, 2.24) is 9.55 Å². The summed E-state index contributed by atoms with van der Waals surface area (Å²) in [6, 6.07) is 1.25. The predicted octanol–water partition coefficient (Wildman–Crippen LogP) is -1.78. The Morgan fingerprint density at radius 1 is 1.39 bits per heavy atom. The first-order chi connectivity index (χ1) is 8.65. The number of H-pyrrole nitrogens is 1. The molecule has 3 aliphatic rings. The average Bonchev–Trinajstić information content (AvgIpc) is 2.51. The van der Waals surface area contributed by atoms with Crippen molar-refractivity contribution in [3.63, 3.8) is 0 Å². The molecule has 0 aromatic carbocycles. The molecule has 0 aliphatic carbocycles. The van der Waals surface area contributed by atoms with Crippen LogP contribution in [0.2, 0.25) is 0 Å². The molecule has 0 radical (unpaired) electrons. The first kappa shape index (κ1) is 10.4. The maximum Gasteiger partial charge on any atom is 0.330 e. The molecule has 8 heteroatoms. The Balaban J connectivity index is 1.99. The van der Waals surface area contributed by atoms with Gasteiger partial charge < -0.3 is 19.3 Å². The first-order valence-corrected chi connectivity index (χ1v) is 5.61. The van der Waals surface area contributed by atoms with Gasteiger partial charge in [0.1, 0.15) is 18.3 Å². The maximum atomic E-state index is 11.8. The van der Waals surface area contributed by atoms with Crippen LogP contribution in [0, 0.1) is 0 Å². The molecule has 3 aliphatic heterocycles. The summed E-state index contributed by atoms with van der Waals surface area (Å²) in [7, 11) is 0. The van der Waals surface area contributed by atoms with E-state index in [0.29, 0.717) is 5.69 Å². The zero-order chi connectivity index (χ0) is 12.4. The third kappa shape index (κ3) is 1.18. The highest BCUT2D eigenvalue weighted by molar-refractivity contribution is 5.11. The van der Waals surface area contributed by atoms with E-state index < -0.39 is 42.1 Å². The fourth-order valence-electron chi connectivity index (χ4n) is 2.70. The van der Waals surface area contributed by atoms with Crippen LogP contribution in [0.25, 0.3) is 0 Å². The average molecular weight is 254 g/mol. The van der Waals surface area contributed by atoms with Crippen LogP contribution in [0.1, 0.15) is 18.2 Å². The van der Waals surface area contributed by atoms with Crippen molar-refractivity contribution in [3.8, 4) is 0 Å². The van der Waals surface area contributed by atoms with E-state index in [1.165, 1.54) is 10.6 Å². The predicted molar refractivity (Wildman–Crippen MR) is 54.8 cm³/mol. The molecule has 0 saturated carbocycles. The zero-order valence-corrected chi connectivity index (χ0v) is 9.11. The fourth-order valence-corrected chi connectivity index (χ4v) is 2.70. The molecule has 1 aromatic rings. The third-order valence-electron chi connectivity index (χ3n) is 3.51. The van der Waals surface area contributed by atoms with Gasteiger partial charge in [-0.25, -0.2) is 4.79 Å². The van der Waals surface area contributed by atoms with E-state index in [9.17, 15) is 14.7 Å². The summed E-state index contributed by atoms with van der Waals surface area (Å²) in [5.74, 6) is 0. The molecule has 2 fully saturated rings. The Morgan fingerprint density at radius 3 is 3.06 bits per heavy atom. The second-order valence-electron chi connectivity index (χ2n) is 4.56. The third-order valence-corrected chi connectivity index (χ3v) is 3.51. The number of nitrogens with one attached hydrogen (secondary N) is 1. The van der Waals surface area contributed by atoms with E-state index >= 15 is 0 Å². The van der Waals surface area contributed by atoms with Crippen LogP contribution in [-0.2, 0) is 14.2 Å². The van der Waals surface area contributed by atoms with Crippen LogP contribution in [0.5, 0.6) is 0 Å². The highest BCUT2D eigenvalue weighted by Crippen LogP contribution is 2.42. The van der Waals surface area contributed by atoms with Crippen LogP contribution in [-0.4, -0.2) is 39.6 Å². The lowest BCUT2D eigenvalue weighted by atomic mass is 10.1. The lowest BCUT2D eigenvalue weighted by Crippen LogP contribution is -2.46. The molecule has 0 unspecified atom stereocenters. The molecule has 8 nitrogen and oxygen atoms in total. The number of aromatic amines is 1. The number of aromatic nitrogens is 2. The topological polar surface area (TPSA) is 103 Å². The van der Waals surface area contributed by atoms with Crippen molar-refractivity contribution < 1.29 is 19.3 Å². The molecule has 2 N–H and O–H groups in total. The number of aliphatic hydroxyl groups excluding tert-OH is 1. The van der Waals surface area contributed by atoms with Crippen molar-refractivity contribution in [3.05, 3.63) is 32.6 Å². The lowest BCUT2D eigenvalue weighted by Gasteiger charge is -2.35. The molecule has 4 rings (SSSR count). The number of hydrogen-bond acceptors (Lipinski definition) is 6. The fraction of sp³-hybridized carbons (Fsp3) is 0.600. The molecule has 0 spiro atoms. The van der Waals surface area contributed by atoms with Crippen molar-refractivity contribution in [2.45, 2.75) is 30.8 Å². The monoisotopic (exact) mass is 254 g/mol. The molecule has 1 aromatic heterocycles. The van der Waals surface area contributed by atoms with Crippen molar-refractivity contribution in [2.24, 2.45) is 0 Å². The molecule has 3 bridgehead atoms. The SMILES string of the molecule is O=c1cc2n(c(=O)[nH]1)[C@@H]1O[C@@H]3CO[C@H]2O[C@H]1[C@@H]3O. The van der Waals surface area contributed by atoms with E-state index in [4.69, 9.17) is 14.2 Å². The molecular weight excluding hydrogens is 244 g/mol. The summed E-state index contributed by atoms with van der Waals surface area (Å²) >= 11 is 0. The van der Waals surface area contributed by atoms with Gasteiger partial charge in [0, 0.05) is 6.07 Å². The van der Waals surface area contributed by atoms with Crippen LogP contribution < -0.4 is 11.2 Å². The summed E-state index contributed by atoms with van der Waals surface area (Å²) in [4.78, 5) is 25.3. The highest BCUT2D eigenvalue weighted by Gasteiger charge is 2.53. The van der Waals surface area contributed by atoms with E-state index in [-0.39, 0.29) is 6.61 Å². The number of fused-ring (bicyclic) bond motifs is 5. The van der Waals surface area contributed by atoms with E-state index in [1.54, 1.807) is 0 Å². The second-order valence-corrected chi connectivity index (χ2v) is 4.56. The smallest absolute Gasteiger partial charge is 0.330 e. The number of hydrogen-bond donors (Lipinski definition) is 2. The number of rotatable bonds is 0. The Kier molecular flexibility index (Phi) is 1.91. The van der Waals surface area contributed by atoms with Crippen LogP contribution in [0.3, 0.4) is 0 Å². The minimum Gasteiger partial charge on any atom is -0.387 e. The summed E-state index contributed by atoms with van der Waals surface area (Å²) < 4.78 is 17.8. The normalized spacial score (nSPS) is 40.6. The van der Waals surface area contributed by atoms with E-state index in [0.717, 1.165) is 0 Å². The van der Waals surface area contributed by atoms with Gasteiger partial charge in [0.05, 0.1) is 12.3 Å². The van der Waals surface area contributed by atoms with Crippen molar-refractivity contribution in [1.29, 1.82) is 0 Å². The number of aliphatic hydroxyl groups is 1. The summed E-state index contributed by atoms with van der Waals surface area (Å²) in [6.07, 6.45) is -3.54. The lowest BCUT2D eigenvalue weighted by molar-refractivity contribution is -0.246. The summed E-state index contributed by atoms with van der Waals surface area (Å²) in [6.45, 7) is 0.166. The molecule has 18 heavy (non-hydrogen) atoms. The Bertz CT molecular complexity index is 622. The second kappa shape index (κ2) is 3.29. The quantitative estimate of drug-likeness (QED) is 0.567. The van der Waals surface area contributed by atoms with Gasteiger partial charge in [0.15, 0.2) is 12.5 Å². The van der Waals surface area contributed by atoms with Gasteiger partial charge in [-0.05, 0) is 0 Å². The Hall–Kier alpha value is -1.48. The standard InChI is InChI=1S/C10H10N2O6/c13-5-1-3-9-16-2-4-6(14)7(18-9)8(17-4)12(3)10(15)11-5/h1,4,6-9,14H,2H2,(H,11,13,15)/t4-,6-,7+,8-,9+/m1/s1. The van der Waals surface area contributed by atoms with Gasteiger partial charge in [-0.1, -0.05) is 0 Å². The van der Waals surface area contributed by atoms with Crippen molar-refractivity contribution >= 4 is 0 Å². The van der Waals surface area contributed by atoms with E-state index in [1.807, 2.05) is 0 Å². The number of ether oxygens (including phenoxy) is 3. The highest BCUT2D eigenvalue weighted by atomic mass is 16.7. The van der Waals surface area contributed by atoms with Gasteiger partial charge in [-0.3, -0.25) is 14.3 Å². The van der Waals surface area contributed by atoms with Crippen molar-refractivity contribution in [2.75, 3.05) is 6.61 Å². The zero-order valence-electron chi connectivity index (χ0n) is 9.11. The molecule has 2 saturated heterocycles. The van der Waals surface area contributed by atoms with Gasteiger partial charge in [-0.2, -0.15) is 0 Å².